The van der Waals surface area contributed by atoms with Crippen LogP contribution in [0.5, 0.6) is 0 Å². The lowest BCUT2D eigenvalue weighted by Crippen LogP contribution is -2.40. The summed E-state index contributed by atoms with van der Waals surface area (Å²) < 4.78 is 4.67. The zero-order valence-corrected chi connectivity index (χ0v) is 11.8. The van der Waals surface area contributed by atoms with Crippen LogP contribution < -0.4 is 10.6 Å². The van der Waals surface area contributed by atoms with Gasteiger partial charge in [-0.3, -0.25) is 10.1 Å². The third-order valence-electron chi connectivity index (χ3n) is 2.87. The number of esters is 1. The minimum absolute atomic E-state index is 0.472. The second kappa shape index (κ2) is 8.01. The highest BCUT2D eigenvalue weighted by atomic mass is 16.5. The summed E-state index contributed by atoms with van der Waals surface area (Å²) in [5.74, 6) is -2.17. The van der Waals surface area contributed by atoms with Gasteiger partial charge in [-0.2, -0.15) is 0 Å². The number of carbonyl (C=O) groups excluding carboxylic acids is 3. The van der Waals surface area contributed by atoms with Crippen molar-refractivity contribution >= 4 is 17.9 Å². The molecule has 0 radical (unpaired) electrons. The predicted molar refractivity (Wildman–Crippen MR) is 74.4 cm³/mol. The van der Waals surface area contributed by atoms with E-state index in [0.717, 1.165) is 5.56 Å². The minimum Gasteiger partial charge on any atom is -0.454 e. The molecule has 3 amide bonds. The molecule has 0 fully saturated rings. The van der Waals surface area contributed by atoms with Crippen molar-refractivity contribution in [2.75, 3.05) is 13.7 Å². The second-order valence-electron chi connectivity index (χ2n) is 4.38. The Bertz CT molecular complexity index is 503. The maximum Gasteiger partial charge on any atom is 0.336 e. The Kier molecular flexibility index (Phi) is 6.35. The maximum absolute atomic E-state index is 11.7. The van der Waals surface area contributed by atoms with Crippen LogP contribution in [0.25, 0.3) is 0 Å². The summed E-state index contributed by atoms with van der Waals surface area (Å²) in [6.45, 7) is 1.04. The Labute approximate surface area is 122 Å². The van der Waals surface area contributed by atoms with Crippen molar-refractivity contribution in [3.05, 3.63) is 35.9 Å². The highest BCUT2D eigenvalue weighted by molar-refractivity contribution is 5.95. The molecule has 0 heterocycles. The van der Waals surface area contributed by atoms with E-state index >= 15 is 0 Å². The normalized spacial score (nSPS) is 12.9. The Morgan fingerprint density at radius 1 is 1.24 bits per heavy atom. The average Bonchev–Trinajstić information content (AvgIpc) is 2.51. The van der Waals surface area contributed by atoms with E-state index in [0.29, 0.717) is 0 Å². The molecule has 0 saturated carbocycles. The topological polar surface area (TPSA) is 105 Å². The number of hydrogen-bond acceptors (Lipinski definition) is 5. The van der Waals surface area contributed by atoms with Gasteiger partial charge in [0.2, 0.25) is 0 Å². The van der Waals surface area contributed by atoms with Crippen LogP contribution in [0.1, 0.15) is 18.4 Å². The van der Waals surface area contributed by atoms with E-state index in [2.05, 4.69) is 10.1 Å². The van der Waals surface area contributed by atoms with E-state index in [1.54, 1.807) is 31.2 Å². The summed E-state index contributed by atoms with van der Waals surface area (Å²) in [7, 11) is 1.35. The minimum atomic E-state index is -1.39. The SMILES string of the molecule is CNC(=O)NC(=O)COC(=O)C(O)C(C)c1ccccc1. The smallest absolute Gasteiger partial charge is 0.336 e. The van der Waals surface area contributed by atoms with Crippen LogP contribution in [-0.4, -0.2) is 42.8 Å². The number of urea groups is 1. The van der Waals surface area contributed by atoms with E-state index in [1.807, 2.05) is 11.4 Å². The predicted octanol–water partition coefficient (Wildman–Crippen LogP) is 0.150. The van der Waals surface area contributed by atoms with Crippen LogP contribution >= 0.6 is 0 Å². The molecule has 0 aliphatic carbocycles. The fraction of sp³-hybridized carbons (Fsp3) is 0.357. The summed E-state index contributed by atoms with van der Waals surface area (Å²) in [5.41, 5.74) is 0.775. The first-order valence-electron chi connectivity index (χ1n) is 6.37. The van der Waals surface area contributed by atoms with Crippen LogP contribution in [0.15, 0.2) is 30.3 Å². The number of ether oxygens (including phenoxy) is 1. The number of amides is 3. The number of hydrogen-bond donors (Lipinski definition) is 3. The van der Waals surface area contributed by atoms with Gasteiger partial charge in [0.1, 0.15) is 0 Å². The molecule has 1 aromatic rings. The molecule has 1 aromatic carbocycles. The Hall–Kier alpha value is -2.41. The summed E-state index contributed by atoms with van der Waals surface area (Å²) in [6, 6.07) is 8.26. The molecule has 0 saturated heterocycles. The number of nitrogens with one attached hydrogen (secondary N) is 2. The first kappa shape index (κ1) is 16.6. The molecule has 3 N–H and O–H groups in total. The zero-order chi connectivity index (χ0) is 15.8. The maximum atomic E-state index is 11.7. The fourth-order valence-electron chi connectivity index (χ4n) is 1.59. The van der Waals surface area contributed by atoms with Gasteiger partial charge in [-0.15, -0.1) is 0 Å². The molecule has 114 valence electrons. The van der Waals surface area contributed by atoms with Crippen LogP contribution in [0.4, 0.5) is 4.79 Å². The van der Waals surface area contributed by atoms with Gasteiger partial charge in [-0.05, 0) is 5.56 Å². The van der Waals surface area contributed by atoms with Crippen molar-refractivity contribution in [3.63, 3.8) is 0 Å². The van der Waals surface area contributed by atoms with Gasteiger partial charge in [0.05, 0.1) is 0 Å². The molecule has 0 bridgehead atoms. The first-order chi connectivity index (χ1) is 9.95. The Morgan fingerprint density at radius 3 is 2.43 bits per heavy atom. The molecule has 7 heteroatoms. The molecule has 1 rings (SSSR count). The summed E-state index contributed by atoms with van der Waals surface area (Å²) >= 11 is 0. The van der Waals surface area contributed by atoms with Crippen LogP contribution in [0.2, 0.25) is 0 Å². The highest BCUT2D eigenvalue weighted by Gasteiger charge is 2.25. The van der Waals surface area contributed by atoms with Gasteiger partial charge in [-0.25, -0.2) is 9.59 Å². The molecule has 2 unspecified atom stereocenters. The number of aliphatic hydroxyl groups is 1. The van der Waals surface area contributed by atoms with Crippen molar-refractivity contribution < 1.29 is 24.2 Å². The van der Waals surface area contributed by atoms with Crippen LogP contribution in [0, 0.1) is 0 Å². The third-order valence-corrected chi connectivity index (χ3v) is 2.87. The number of imide groups is 1. The van der Waals surface area contributed by atoms with E-state index in [4.69, 9.17) is 0 Å². The van der Waals surface area contributed by atoms with Gasteiger partial charge in [0, 0.05) is 13.0 Å². The van der Waals surface area contributed by atoms with Gasteiger partial charge in [-0.1, -0.05) is 37.3 Å². The molecule has 21 heavy (non-hydrogen) atoms. The standard InChI is InChI=1S/C14H18N2O5/c1-9(10-6-4-3-5-7-10)12(18)13(19)21-8-11(17)16-14(20)15-2/h3-7,9,12,18H,8H2,1-2H3,(H2,15,16,17,20). The lowest BCUT2D eigenvalue weighted by molar-refractivity contribution is -0.157. The van der Waals surface area contributed by atoms with Crippen molar-refractivity contribution in [2.45, 2.75) is 18.9 Å². The van der Waals surface area contributed by atoms with Gasteiger partial charge in [0.25, 0.3) is 5.91 Å². The summed E-state index contributed by atoms with van der Waals surface area (Å²) in [6.07, 6.45) is -1.39. The lowest BCUT2D eigenvalue weighted by Gasteiger charge is -2.17. The lowest BCUT2D eigenvalue weighted by atomic mass is 9.95. The molecule has 0 aromatic heterocycles. The van der Waals surface area contributed by atoms with Crippen molar-refractivity contribution in [3.8, 4) is 0 Å². The number of aliphatic hydroxyl groups excluding tert-OH is 1. The van der Waals surface area contributed by atoms with E-state index in [1.165, 1.54) is 7.05 Å². The summed E-state index contributed by atoms with van der Waals surface area (Å²) in [4.78, 5) is 33.8. The number of benzene rings is 1. The van der Waals surface area contributed by atoms with Gasteiger partial charge in [0.15, 0.2) is 12.7 Å². The molecular weight excluding hydrogens is 276 g/mol. The first-order valence-corrected chi connectivity index (χ1v) is 6.37. The average molecular weight is 294 g/mol. The molecule has 2 atom stereocenters. The van der Waals surface area contributed by atoms with Gasteiger partial charge < -0.3 is 15.2 Å². The quantitative estimate of drug-likeness (QED) is 0.670. The molecule has 0 aliphatic heterocycles. The molecule has 0 aliphatic rings. The van der Waals surface area contributed by atoms with E-state index < -0.39 is 36.5 Å². The van der Waals surface area contributed by atoms with E-state index in [9.17, 15) is 19.5 Å². The van der Waals surface area contributed by atoms with Crippen LogP contribution in [-0.2, 0) is 14.3 Å². The molecule has 0 spiro atoms. The second-order valence-corrected chi connectivity index (χ2v) is 4.38. The largest absolute Gasteiger partial charge is 0.454 e. The van der Waals surface area contributed by atoms with Crippen molar-refractivity contribution in [1.29, 1.82) is 0 Å². The molecule has 7 nitrogen and oxygen atoms in total. The Balaban J connectivity index is 2.48. The highest BCUT2D eigenvalue weighted by Crippen LogP contribution is 2.19. The number of rotatable bonds is 5. The molecular formula is C14H18N2O5. The number of carbonyl (C=O) groups is 3. The third kappa shape index (κ3) is 5.23. The summed E-state index contributed by atoms with van der Waals surface area (Å²) in [5, 5.41) is 14.0. The zero-order valence-electron chi connectivity index (χ0n) is 11.8. The van der Waals surface area contributed by atoms with E-state index in [-0.39, 0.29) is 0 Å². The fourth-order valence-corrected chi connectivity index (χ4v) is 1.59. The monoisotopic (exact) mass is 294 g/mol. The van der Waals surface area contributed by atoms with Crippen molar-refractivity contribution in [1.82, 2.24) is 10.6 Å². The van der Waals surface area contributed by atoms with Gasteiger partial charge >= 0.3 is 12.0 Å². The Morgan fingerprint density at radius 2 is 1.86 bits per heavy atom. The van der Waals surface area contributed by atoms with Crippen molar-refractivity contribution in [2.24, 2.45) is 0 Å². The van der Waals surface area contributed by atoms with Crippen LogP contribution in [0.3, 0.4) is 0 Å².